The zero-order valence-electron chi connectivity index (χ0n) is 39.6. The summed E-state index contributed by atoms with van der Waals surface area (Å²) in [4.78, 5) is 35.2. The van der Waals surface area contributed by atoms with Crippen LogP contribution in [0.2, 0.25) is 0 Å². The topological polar surface area (TPSA) is 175 Å². The number of aliphatic imine (C=N–C) groups is 1. The van der Waals surface area contributed by atoms with Gasteiger partial charge in [0.25, 0.3) is 0 Å². The van der Waals surface area contributed by atoms with Crippen molar-refractivity contribution >= 4 is 51.3 Å². The standard InChI is InChI=1S/C26H28N4O3.C21H22N2O3.C6H6N.CH4.BrH.Mg/c1-14-6-4-7-21(27-14)26(31,22-8-5-11-32-22)19-12-18(23-15(2)30-33-16(23)3)13-20-24(19)29-25(28-20)17-9-10-17;1-11-19(12(2)26-23-11)14-8-15-10-17(13-5-6-13)22-20(15)16(9-14)21(24)18-4-3-7-25-18;1-6-4-2-3-5-7-6;;;/h4,6-7,12-13,17,22,31H,5,8-11H2,1-3H3,(H,28,29);8-9,13,18H,3-7,10H2,1-2H3;2-4H,1H3;1H4;1H;/q;;-1;;;+2/p-1. The first-order chi connectivity index (χ1) is 32.0. The second kappa shape index (κ2) is 21.6. The summed E-state index contributed by atoms with van der Waals surface area (Å²) in [5.74, 6) is 3.63. The van der Waals surface area contributed by atoms with Crippen LogP contribution >= 0.6 is 0 Å². The predicted molar refractivity (Wildman–Crippen MR) is 263 cm³/mol. The number of benzene rings is 2. The first-order valence-corrected chi connectivity index (χ1v) is 23.3. The minimum Gasteiger partial charge on any atom is -1.00 e. The number of carbonyl (C=O) groups excluding carboxylic acids is 1. The summed E-state index contributed by atoms with van der Waals surface area (Å²) in [6.07, 6.45) is 10.9. The number of carbonyl (C=O) groups is 1. The van der Waals surface area contributed by atoms with Gasteiger partial charge in [-0.1, -0.05) is 42.6 Å². The Morgan fingerprint density at radius 2 is 1.45 bits per heavy atom. The number of hydrogen-bond acceptors (Lipinski definition) is 12. The Balaban J connectivity index is 0.000000175. The fraction of sp³-hybridized carbons (Fsp3) is 0.426. The van der Waals surface area contributed by atoms with Crippen LogP contribution in [-0.4, -0.2) is 95.3 Å². The van der Waals surface area contributed by atoms with E-state index >= 15 is 0 Å². The normalized spacial score (nSPS) is 18.9. The number of fused-ring (bicyclic) bond motifs is 2. The summed E-state index contributed by atoms with van der Waals surface area (Å²) >= 11 is 0. The van der Waals surface area contributed by atoms with Crippen LogP contribution < -0.4 is 17.0 Å². The fourth-order valence-electron chi connectivity index (χ4n) is 9.74. The number of nitrogens with zero attached hydrogens (tertiary/aromatic N) is 6. The molecule has 2 aromatic carbocycles. The molecule has 8 heterocycles. The van der Waals surface area contributed by atoms with Crippen molar-refractivity contribution in [2.45, 2.75) is 130 Å². The van der Waals surface area contributed by atoms with Gasteiger partial charge in [-0.15, -0.1) is 0 Å². The number of aryl methyl sites for hydroxylation is 6. The maximum Gasteiger partial charge on any atom is 2.00 e. The summed E-state index contributed by atoms with van der Waals surface area (Å²) < 4.78 is 22.6. The van der Waals surface area contributed by atoms with E-state index in [-0.39, 0.29) is 59.3 Å². The Hall–Kier alpha value is -4.90. The molecule has 3 unspecified atom stereocenters. The number of nitrogens with one attached hydrogen (secondary N) is 1. The van der Waals surface area contributed by atoms with Gasteiger partial charge >= 0.3 is 23.1 Å². The number of ether oxygens (including phenoxy) is 2. The van der Waals surface area contributed by atoms with Crippen molar-refractivity contribution in [3.63, 3.8) is 0 Å². The molecule has 0 amide bonds. The van der Waals surface area contributed by atoms with Gasteiger partial charge in [0, 0.05) is 59.2 Å². The molecule has 5 aliphatic rings. The van der Waals surface area contributed by atoms with E-state index in [1.54, 1.807) is 6.07 Å². The summed E-state index contributed by atoms with van der Waals surface area (Å²) in [5, 5.41) is 20.8. The summed E-state index contributed by atoms with van der Waals surface area (Å²) in [6.45, 7) is 12.9. The number of aromatic nitrogens is 6. The van der Waals surface area contributed by atoms with Crippen LogP contribution in [-0.2, 0) is 21.5 Å². The molecular weight excluding hydrogens is 947 g/mol. The average molecular weight is 1010 g/mol. The molecule has 3 aliphatic heterocycles. The van der Waals surface area contributed by atoms with E-state index in [9.17, 15) is 9.90 Å². The minimum absolute atomic E-state index is 0. The van der Waals surface area contributed by atoms with Gasteiger partial charge in [-0.2, -0.15) is 18.2 Å². The monoisotopic (exact) mass is 1010 g/mol. The van der Waals surface area contributed by atoms with E-state index in [1.165, 1.54) is 18.6 Å². The van der Waals surface area contributed by atoms with Gasteiger partial charge in [0.15, 0.2) is 11.4 Å². The van der Waals surface area contributed by atoms with Crippen LogP contribution in [0.4, 0.5) is 5.69 Å². The minimum atomic E-state index is -1.44. The van der Waals surface area contributed by atoms with E-state index < -0.39 is 11.7 Å². The molecule has 3 atom stereocenters. The molecule has 0 spiro atoms. The van der Waals surface area contributed by atoms with E-state index in [4.69, 9.17) is 33.5 Å². The molecule has 4 fully saturated rings. The Labute approximate surface area is 430 Å². The van der Waals surface area contributed by atoms with E-state index in [0.717, 1.165) is 130 Å². The molecule has 69 heavy (non-hydrogen) atoms. The molecule has 2 saturated heterocycles. The van der Waals surface area contributed by atoms with E-state index in [0.29, 0.717) is 41.9 Å². The van der Waals surface area contributed by atoms with Crippen molar-refractivity contribution in [2.75, 3.05) is 13.2 Å². The summed E-state index contributed by atoms with van der Waals surface area (Å²) in [7, 11) is 0. The maximum atomic E-state index is 13.2. The summed E-state index contributed by atoms with van der Waals surface area (Å²) in [6, 6.07) is 19.6. The fourth-order valence-corrected chi connectivity index (χ4v) is 9.74. The Morgan fingerprint density at radius 1 is 0.783 bits per heavy atom. The molecule has 2 N–H and O–H groups in total. The van der Waals surface area contributed by atoms with Crippen LogP contribution in [0.3, 0.4) is 0 Å². The molecule has 5 aromatic heterocycles. The van der Waals surface area contributed by atoms with Gasteiger partial charge in [0.1, 0.15) is 23.4 Å². The number of imidazole rings is 1. The number of hydrogen-bond donors (Lipinski definition) is 2. The first-order valence-electron chi connectivity index (χ1n) is 23.3. The van der Waals surface area contributed by atoms with Crippen molar-refractivity contribution in [1.82, 2.24) is 30.2 Å². The SMILES string of the molecule is C.Cc1ccc[c-]n1.Cc1cccc(C(O)(c2cc(-c3c(C)noc3C)cc3[nH]c(C4CC4)nc23)C2CCCO2)n1.Cc1noc(C)c1-c1cc2c(c(C(=O)C3CCCO3)c1)N=C(C1CC1)C2.[Br-].[Mg+2]. The van der Waals surface area contributed by atoms with Crippen molar-refractivity contribution in [3.05, 3.63) is 129 Å². The van der Waals surface area contributed by atoms with Crippen LogP contribution in [0.5, 0.6) is 0 Å². The third-order valence-electron chi connectivity index (χ3n) is 13.4. The van der Waals surface area contributed by atoms with Crippen molar-refractivity contribution in [3.8, 4) is 22.3 Å². The van der Waals surface area contributed by atoms with Gasteiger partial charge in [0.2, 0.25) is 0 Å². The number of aliphatic hydroxyl groups is 1. The number of Topliss-reactive ketones (excluding diaryl/α,β-unsaturated/α-hetero) is 1. The van der Waals surface area contributed by atoms with Crippen molar-refractivity contribution in [1.29, 1.82) is 0 Å². The third-order valence-corrected chi connectivity index (χ3v) is 13.4. The summed E-state index contributed by atoms with van der Waals surface area (Å²) in [5.41, 5.74) is 12.8. The Morgan fingerprint density at radius 3 is 2.00 bits per heavy atom. The quantitative estimate of drug-likeness (QED) is 0.0827. The molecule has 7 aromatic rings. The second-order valence-corrected chi connectivity index (χ2v) is 18.5. The molecule has 356 valence electrons. The van der Waals surface area contributed by atoms with Gasteiger partial charge in [-0.25, -0.2) is 4.98 Å². The smallest absolute Gasteiger partial charge is 1.00 e. The molecule has 2 aliphatic carbocycles. The largest absolute Gasteiger partial charge is 2.00 e. The molecule has 15 heteroatoms. The van der Waals surface area contributed by atoms with E-state index in [2.05, 4.69) is 38.6 Å². The molecule has 2 saturated carbocycles. The third kappa shape index (κ3) is 10.6. The number of pyridine rings is 2. The molecule has 0 bridgehead atoms. The number of H-pyrrole nitrogens is 1. The number of aromatic amines is 1. The van der Waals surface area contributed by atoms with E-state index in [1.807, 2.05) is 84.0 Å². The van der Waals surface area contributed by atoms with Crippen LogP contribution in [0.15, 0.2) is 74.7 Å². The first kappa shape index (κ1) is 51.9. The number of ketones is 1. The maximum absolute atomic E-state index is 13.2. The predicted octanol–water partition coefficient (Wildman–Crippen LogP) is 7.64. The van der Waals surface area contributed by atoms with Gasteiger partial charge < -0.3 is 50.6 Å². The Bertz CT molecular complexity index is 2920. The molecule has 0 radical (unpaired) electrons. The van der Waals surface area contributed by atoms with Gasteiger partial charge in [0.05, 0.1) is 39.9 Å². The Kier molecular flexibility index (Phi) is 16.3. The van der Waals surface area contributed by atoms with Gasteiger partial charge in [-0.05, 0) is 145 Å². The average Bonchev–Trinajstić information content (AvgIpc) is 3.84. The van der Waals surface area contributed by atoms with Crippen LogP contribution in [0, 0.1) is 53.7 Å². The van der Waals surface area contributed by atoms with Crippen LogP contribution in [0.1, 0.15) is 132 Å². The van der Waals surface area contributed by atoms with Crippen molar-refractivity contribution < 1.29 is 45.4 Å². The molecule has 12 rings (SSSR count). The number of halogens is 1. The zero-order chi connectivity index (χ0) is 45.7. The van der Waals surface area contributed by atoms with Crippen LogP contribution in [0.25, 0.3) is 33.3 Å². The second-order valence-electron chi connectivity index (χ2n) is 18.5. The van der Waals surface area contributed by atoms with Gasteiger partial charge in [-0.3, -0.25) is 14.8 Å². The molecule has 13 nitrogen and oxygen atoms in total. The zero-order valence-corrected chi connectivity index (χ0v) is 42.6. The van der Waals surface area contributed by atoms with Crippen molar-refractivity contribution in [2.24, 2.45) is 10.9 Å². The number of rotatable bonds is 9. The molecular formula is C54H60BrMgN7O6.